The van der Waals surface area contributed by atoms with E-state index in [4.69, 9.17) is 9.97 Å². The van der Waals surface area contributed by atoms with Crippen molar-refractivity contribution in [3.63, 3.8) is 0 Å². The van der Waals surface area contributed by atoms with E-state index < -0.39 is 23.2 Å². The Hall–Kier alpha value is -6.09. The maximum atomic E-state index is 12.4. The molecule has 6 aromatic carbocycles. The number of fused-ring (bicyclic) bond motifs is 12. The standard InChI is InChI=1S/C48H40N4O2SSi/c1-30(55(2,53)54)31-18-20-32(21-19-31)41-29-42(33-22-24-34(25-23-33)56(3,4)5)50-48(49-41)52-44-17-11-9-15-38(44)39-26-27-45-40(47(39)52)28-46-37-14-7-6-12-35(37)36-13-8-10-16-43(36)51(45)46/h6-30H,1-5H3. The molecule has 0 bridgehead atoms. The van der Waals surface area contributed by atoms with E-state index in [-0.39, 0.29) is 0 Å². The minimum absolute atomic E-state index is 0.573. The first-order chi connectivity index (χ1) is 27.0. The Labute approximate surface area is 326 Å². The fraction of sp³-hybridized carbons (Fsp3) is 0.125. The Bertz CT molecular complexity index is 3320. The van der Waals surface area contributed by atoms with Gasteiger partial charge in [-0.15, -0.1) is 0 Å². The molecule has 8 heteroatoms. The monoisotopic (exact) mass is 764 g/mol. The van der Waals surface area contributed by atoms with Crippen LogP contribution in [0.25, 0.3) is 88.4 Å². The van der Waals surface area contributed by atoms with E-state index in [1.807, 2.05) is 24.3 Å². The molecule has 0 amide bonds. The van der Waals surface area contributed by atoms with Crippen LogP contribution >= 0.6 is 0 Å². The van der Waals surface area contributed by atoms with Gasteiger partial charge in [-0.25, -0.2) is 18.4 Å². The zero-order valence-electron chi connectivity index (χ0n) is 31.9. The van der Waals surface area contributed by atoms with Crippen molar-refractivity contribution in [3.8, 4) is 28.5 Å². The van der Waals surface area contributed by atoms with Crippen LogP contribution in [-0.4, -0.2) is 41.7 Å². The van der Waals surface area contributed by atoms with Gasteiger partial charge in [-0.3, -0.25) is 4.57 Å². The molecule has 10 aromatic rings. The van der Waals surface area contributed by atoms with Gasteiger partial charge in [-0.1, -0.05) is 140 Å². The summed E-state index contributed by atoms with van der Waals surface area (Å²) in [5, 5.41) is 7.81. The Morgan fingerprint density at radius 3 is 1.66 bits per heavy atom. The van der Waals surface area contributed by atoms with Crippen LogP contribution in [0.4, 0.5) is 0 Å². The number of aromatic nitrogens is 4. The van der Waals surface area contributed by atoms with E-state index >= 15 is 0 Å². The number of para-hydroxylation sites is 2. The van der Waals surface area contributed by atoms with Crippen LogP contribution in [0.1, 0.15) is 17.7 Å². The quantitative estimate of drug-likeness (QED) is 0.125. The van der Waals surface area contributed by atoms with Crippen molar-refractivity contribution in [2.24, 2.45) is 0 Å². The molecule has 0 N–H and O–H groups in total. The molecular formula is C48H40N4O2SSi. The summed E-state index contributed by atoms with van der Waals surface area (Å²) >= 11 is 0. The van der Waals surface area contributed by atoms with E-state index in [1.54, 1.807) is 6.92 Å². The van der Waals surface area contributed by atoms with Crippen LogP contribution in [0, 0.1) is 0 Å². The molecule has 274 valence electrons. The van der Waals surface area contributed by atoms with Crippen LogP contribution in [0.3, 0.4) is 0 Å². The summed E-state index contributed by atoms with van der Waals surface area (Å²) in [6, 6.07) is 51.3. The minimum Gasteiger partial charge on any atom is -0.309 e. The number of nitrogens with zero attached hydrogens (tertiary/aromatic N) is 4. The van der Waals surface area contributed by atoms with Crippen LogP contribution in [0.2, 0.25) is 19.6 Å². The average molecular weight is 765 g/mol. The predicted octanol–water partition coefficient (Wildman–Crippen LogP) is 11.3. The first-order valence-corrected chi connectivity index (χ1v) is 24.5. The summed E-state index contributed by atoms with van der Waals surface area (Å²) in [4.78, 5) is 10.7. The third-order valence-electron chi connectivity index (χ3n) is 11.5. The van der Waals surface area contributed by atoms with E-state index in [2.05, 4.69) is 150 Å². The second-order valence-corrected chi connectivity index (χ2v) is 23.5. The van der Waals surface area contributed by atoms with Gasteiger partial charge >= 0.3 is 0 Å². The molecule has 0 fully saturated rings. The topological polar surface area (TPSA) is 69.3 Å². The Morgan fingerprint density at radius 1 is 0.536 bits per heavy atom. The molecule has 56 heavy (non-hydrogen) atoms. The molecule has 0 aliphatic heterocycles. The average Bonchev–Trinajstić information content (AvgIpc) is 3.77. The SMILES string of the molecule is CC(c1ccc(-c2cc(-c3ccc([Si](C)(C)C)cc3)nc(-n3c4ccccc4c4ccc5c(cc6c7ccccc7c7ccccc7n65)c43)n2)cc1)S(C)(=O)=O. The molecule has 4 heterocycles. The highest BCUT2D eigenvalue weighted by molar-refractivity contribution is 7.90. The van der Waals surface area contributed by atoms with Gasteiger partial charge in [0, 0.05) is 44.3 Å². The molecule has 1 unspecified atom stereocenters. The van der Waals surface area contributed by atoms with Crippen molar-refractivity contribution in [1.29, 1.82) is 0 Å². The Morgan fingerprint density at radius 2 is 1.05 bits per heavy atom. The second-order valence-electron chi connectivity index (χ2n) is 16.0. The van der Waals surface area contributed by atoms with Crippen LogP contribution in [0.15, 0.2) is 146 Å². The lowest BCUT2D eigenvalue weighted by Crippen LogP contribution is -2.37. The molecule has 10 rings (SSSR count). The van der Waals surface area contributed by atoms with E-state index in [1.165, 1.54) is 27.6 Å². The number of benzene rings is 6. The Balaban J connectivity index is 1.29. The summed E-state index contributed by atoms with van der Waals surface area (Å²) in [5.74, 6) is 0.573. The number of pyridine rings is 1. The van der Waals surface area contributed by atoms with Crippen molar-refractivity contribution in [3.05, 3.63) is 151 Å². The van der Waals surface area contributed by atoms with Gasteiger partial charge in [0.05, 0.1) is 52.3 Å². The summed E-state index contributed by atoms with van der Waals surface area (Å²) < 4.78 is 29.5. The van der Waals surface area contributed by atoms with Gasteiger partial charge in [0.25, 0.3) is 0 Å². The van der Waals surface area contributed by atoms with Crippen molar-refractivity contribution in [2.45, 2.75) is 31.8 Å². The van der Waals surface area contributed by atoms with Gasteiger partial charge in [0.2, 0.25) is 5.95 Å². The highest BCUT2D eigenvalue weighted by Crippen LogP contribution is 2.41. The van der Waals surface area contributed by atoms with Crippen LogP contribution in [-0.2, 0) is 9.84 Å². The molecule has 0 spiro atoms. The lowest BCUT2D eigenvalue weighted by Gasteiger charge is -2.17. The highest BCUT2D eigenvalue weighted by atomic mass is 32.2. The number of sulfone groups is 1. The number of hydrogen-bond acceptors (Lipinski definition) is 4. The van der Waals surface area contributed by atoms with Gasteiger partial charge in [0.15, 0.2) is 9.84 Å². The van der Waals surface area contributed by atoms with E-state index in [9.17, 15) is 8.42 Å². The smallest absolute Gasteiger partial charge is 0.235 e. The molecule has 0 saturated carbocycles. The fourth-order valence-electron chi connectivity index (χ4n) is 8.39. The summed E-state index contributed by atoms with van der Waals surface area (Å²) in [5.41, 5.74) is 9.73. The maximum absolute atomic E-state index is 12.4. The molecule has 4 aromatic heterocycles. The molecular weight excluding hydrogens is 725 g/mol. The lowest BCUT2D eigenvalue weighted by molar-refractivity contribution is 0.592. The zero-order chi connectivity index (χ0) is 38.5. The van der Waals surface area contributed by atoms with Gasteiger partial charge in [-0.2, -0.15) is 0 Å². The van der Waals surface area contributed by atoms with Crippen molar-refractivity contribution >= 4 is 83.0 Å². The van der Waals surface area contributed by atoms with Gasteiger partial charge in [0.1, 0.15) is 0 Å². The predicted molar refractivity (Wildman–Crippen MR) is 237 cm³/mol. The maximum Gasteiger partial charge on any atom is 0.235 e. The fourth-order valence-corrected chi connectivity index (χ4v) is 10.2. The van der Waals surface area contributed by atoms with Gasteiger partial charge < -0.3 is 4.40 Å². The molecule has 1 atom stereocenters. The minimum atomic E-state index is -3.25. The van der Waals surface area contributed by atoms with Crippen LogP contribution in [0.5, 0.6) is 0 Å². The number of rotatable bonds is 6. The summed E-state index contributed by atoms with van der Waals surface area (Å²) in [7, 11) is -4.77. The van der Waals surface area contributed by atoms with Crippen molar-refractivity contribution in [1.82, 2.24) is 18.9 Å². The second kappa shape index (κ2) is 12.5. The summed E-state index contributed by atoms with van der Waals surface area (Å²) in [6.45, 7) is 8.81. The van der Waals surface area contributed by atoms with Crippen molar-refractivity contribution in [2.75, 3.05) is 6.26 Å². The van der Waals surface area contributed by atoms with E-state index in [0.717, 1.165) is 71.8 Å². The van der Waals surface area contributed by atoms with Crippen molar-refractivity contribution < 1.29 is 8.42 Å². The molecule has 6 nitrogen and oxygen atoms in total. The molecule has 0 aliphatic carbocycles. The first-order valence-electron chi connectivity index (χ1n) is 19.0. The lowest BCUT2D eigenvalue weighted by atomic mass is 10.0. The number of hydrogen-bond donors (Lipinski definition) is 0. The molecule has 0 radical (unpaired) electrons. The highest BCUT2D eigenvalue weighted by Gasteiger charge is 2.23. The zero-order valence-corrected chi connectivity index (χ0v) is 33.8. The Kier molecular flexibility index (Phi) is 7.66. The normalized spacial score (nSPS) is 13.2. The summed E-state index contributed by atoms with van der Waals surface area (Å²) in [6.07, 6.45) is 1.28. The van der Waals surface area contributed by atoms with Crippen LogP contribution < -0.4 is 5.19 Å². The largest absolute Gasteiger partial charge is 0.309 e. The van der Waals surface area contributed by atoms with E-state index in [0.29, 0.717) is 5.95 Å². The third kappa shape index (κ3) is 5.39. The first kappa shape index (κ1) is 34.4. The molecule has 0 aliphatic rings. The third-order valence-corrected chi connectivity index (χ3v) is 15.2. The molecule has 0 saturated heterocycles. The van der Waals surface area contributed by atoms with Gasteiger partial charge in [-0.05, 0) is 48.2 Å².